The van der Waals surface area contributed by atoms with Gasteiger partial charge in [0.2, 0.25) is 0 Å². The molecule has 1 saturated heterocycles. The first-order chi connectivity index (χ1) is 12.0. The molecular formula is C21H31NO4. The van der Waals surface area contributed by atoms with E-state index in [1.54, 1.807) is 17.9 Å². The number of carbonyl (C=O) groups excluding carboxylic acids is 1. The van der Waals surface area contributed by atoms with E-state index in [-0.39, 0.29) is 12.1 Å². The summed E-state index contributed by atoms with van der Waals surface area (Å²) in [6.07, 6.45) is 2.87. The minimum atomic E-state index is -0.810. The Kier molecular flexibility index (Phi) is 6.14. The maximum absolute atomic E-state index is 12.9. The fourth-order valence-corrected chi connectivity index (χ4v) is 3.18. The molecule has 1 heterocycles. The van der Waals surface area contributed by atoms with Gasteiger partial charge >= 0.3 is 6.09 Å². The lowest BCUT2D eigenvalue weighted by atomic mass is 9.99. The second kappa shape index (κ2) is 7.80. The predicted octanol–water partition coefficient (Wildman–Crippen LogP) is 3.91. The molecule has 2 rings (SSSR count). The van der Waals surface area contributed by atoms with Crippen molar-refractivity contribution in [3.8, 4) is 0 Å². The van der Waals surface area contributed by atoms with Crippen molar-refractivity contribution in [3.05, 3.63) is 48.0 Å². The molecular weight excluding hydrogens is 330 g/mol. The highest BCUT2D eigenvalue weighted by Gasteiger charge is 2.50. The van der Waals surface area contributed by atoms with E-state index in [2.05, 4.69) is 0 Å². The first-order valence-electron chi connectivity index (χ1n) is 9.10. The highest BCUT2D eigenvalue weighted by Crippen LogP contribution is 2.36. The average Bonchev–Trinajstić information content (AvgIpc) is 2.74. The van der Waals surface area contributed by atoms with Crippen molar-refractivity contribution in [1.82, 2.24) is 4.90 Å². The molecule has 1 unspecified atom stereocenters. The van der Waals surface area contributed by atoms with Gasteiger partial charge in [0.15, 0.2) is 0 Å². The van der Waals surface area contributed by atoms with Crippen molar-refractivity contribution >= 4 is 6.09 Å². The summed E-state index contributed by atoms with van der Waals surface area (Å²) >= 11 is 0. The minimum Gasteiger partial charge on any atom is -0.444 e. The summed E-state index contributed by atoms with van der Waals surface area (Å²) in [5.74, 6) is 0. The van der Waals surface area contributed by atoms with Crippen LogP contribution in [0.15, 0.2) is 42.5 Å². The number of rotatable bonds is 4. The summed E-state index contributed by atoms with van der Waals surface area (Å²) in [5, 5.41) is 9.60. The Morgan fingerprint density at radius 1 is 1.35 bits per heavy atom. The molecule has 0 saturated carbocycles. The van der Waals surface area contributed by atoms with Crippen LogP contribution in [0.3, 0.4) is 0 Å². The molecule has 0 bridgehead atoms. The molecule has 1 amide bonds. The molecule has 5 heteroatoms. The summed E-state index contributed by atoms with van der Waals surface area (Å²) in [7, 11) is 0. The molecule has 0 radical (unpaired) electrons. The first kappa shape index (κ1) is 20.5. The number of carbonyl (C=O) groups is 1. The Morgan fingerprint density at radius 2 is 1.96 bits per heavy atom. The van der Waals surface area contributed by atoms with Crippen LogP contribution in [0.25, 0.3) is 0 Å². The Bertz CT molecular complexity index is 631. The van der Waals surface area contributed by atoms with Crippen molar-refractivity contribution in [1.29, 1.82) is 0 Å². The third-order valence-corrected chi connectivity index (χ3v) is 4.17. The molecule has 0 spiro atoms. The van der Waals surface area contributed by atoms with Crippen molar-refractivity contribution in [2.24, 2.45) is 0 Å². The summed E-state index contributed by atoms with van der Waals surface area (Å²) in [4.78, 5) is 14.6. The van der Waals surface area contributed by atoms with Gasteiger partial charge in [-0.05, 0) is 53.5 Å². The van der Waals surface area contributed by atoms with Crippen LogP contribution in [-0.4, -0.2) is 45.7 Å². The van der Waals surface area contributed by atoms with Gasteiger partial charge in [0.25, 0.3) is 0 Å². The van der Waals surface area contributed by atoms with Gasteiger partial charge in [0, 0.05) is 0 Å². The minimum absolute atomic E-state index is 0.225. The number of benzene rings is 1. The SMILES string of the molecule is CC(O)C=C[C@H]1OC(C)(C)N(C(=O)OC(C)(C)C)[C@H]1Cc1ccccc1. The number of nitrogens with zero attached hydrogens (tertiary/aromatic N) is 1. The van der Waals surface area contributed by atoms with Gasteiger partial charge in [0.1, 0.15) is 11.3 Å². The number of aliphatic hydroxyl groups excluding tert-OH is 1. The van der Waals surface area contributed by atoms with E-state index in [1.807, 2.05) is 71.0 Å². The summed E-state index contributed by atoms with van der Waals surface area (Å²) < 4.78 is 11.8. The van der Waals surface area contributed by atoms with Crippen molar-refractivity contribution in [2.45, 2.75) is 77.5 Å². The molecule has 1 fully saturated rings. The second-order valence-corrected chi connectivity index (χ2v) is 8.26. The molecule has 1 aliphatic rings. The third kappa shape index (κ3) is 5.32. The van der Waals surface area contributed by atoms with Crippen LogP contribution in [0.1, 0.15) is 47.1 Å². The fraction of sp³-hybridized carbons (Fsp3) is 0.571. The molecule has 1 aromatic carbocycles. The monoisotopic (exact) mass is 361 g/mol. The maximum Gasteiger partial charge on any atom is 0.412 e. The first-order valence-corrected chi connectivity index (χ1v) is 9.10. The lowest BCUT2D eigenvalue weighted by Gasteiger charge is -2.35. The Morgan fingerprint density at radius 3 is 2.50 bits per heavy atom. The molecule has 1 aliphatic heterocycles. The summed E-state index contributed by atoms with van der Waals surface area (Å²) in [6, 6.07) is 9.78. The lowest BCUT2D eigenvalue weighted by Crippen LogP contribution is -2.50. The van der Waals surface area contributed by atoms with Gasteiger partial charge in [-0.15, -0.1) is 0 Å². The maximum atomic E-state index is 12.9. The Hall–Kier alpha value is -1.85. The van der Waals surface area contributed by atoms with E-state index in [9.17, 15) is 9.90 Å². The van der Waals surface area contributed by atoms with Crippen LogP contribution in [0.5, 0.6) is 0 Å². The van der Waals surface area contributed by atoms with E-state index in [0.717, 1.165) is 5.56 Å². The number of amides is 1. The zero-order valence-corrected chi connectivity index (χ0v) is 16.6. The third-order valence-electron chi connectivity index (χ3n) is 4.17. The van der Waals surface area contributed by atoms with Crippen molar-refractivity contribution in [2.75, 3.05) is 0 Å². The van der Waals surface area contributed by atoms with Crippen LogP contribution >= 0.6 is 0 Å². The Labute approximate surface area is 156 Å². The van der Waals surface area contributed by atoms with Gasteiger partial charge in [-0.3, -0.25) is 4.90 Å². The van der Waals surface area contributed by atoms with E-state index >= 15 is 0 Å². The van der Waals surface area contributed by atoms with E-state index in [4.69, 9.17) is 9.47 Å². The second-order valence-electron chi connectivity index (χ2n) is 8.26. The highest BCUT2D eigenvalue weighted by atomic mass is 16.6. The van der Waals surface area contributed by atoms with Gasteiger partial charge in [0.05, 0.1) is 18.2 Å². The quantitative estimate of drug-likeness (QED) is 0.826. The van der Waals surface area contributed by atoms with Gasteiger partial charge in [-0.25, -0.2) is 4.79 Å². The zero-order valence-electron chi connectivity index (χ0n) is 16.6. The van der Waals surface area contributed by atoms with Gasteiger partial charge in [-0.2, -0.15) is 0 Å². The molecule has 26 heavy (non-hydrogen) atoms. The molecule has 0 aromatic heterocycles. The molecule has 1 N–H and O–H groups in total. The Balaban J connectivity index is 2.34. The van der Waals surface area contributed by atoms with Gasteiger partial charge in [-0.1, -0.05) is 42.5 Å². The standard InChI is InChI=1S/C21H31NO4/c1-15(23)12-13-18-17(14-16-10-8-7-9-11-16)22(21(5,6)25-18)19(24)26-20(2,3)4/h7-13,15,17-18,23H,14H2,1-6H3/t15?,17-,18+/m0/s1. The number of hydrogen-bond donors (Lipinski definition) is 1. The van der Waals surface area contributed by atoms with Gasteiger partial charge < -0.3 is 14.6 Å². The largest absolute Gasteiger partial charge is 0.444 e. The van der Waals surface area contributed by atoms with Crippen LogP contribution < -0.4 is 0 Å². The smallest absolute Gasteiger partial charge is 0.412 e. The molecule has 144 valence electrons. The topological polar surface area (TPSA) is 59.0 Å². The summed E-state index contributed by atoms with van der Waals surface area (Å²) in [5.41, 5.74) is -0.282. The van der Waals surface area contributed by atoms with Crippen molar-refractivity contribution in [3.63, 3.8) is 0 Å². The number of ether oxygens (including phenoxy) is 2. The molecule has 1 aromatic rings. The van der Waals surface area contributed by atoms with Crippen molar-refractivity contribution < 1.29 is 19.4 Å². The normalized spacial score (nSPS) is 24.0. The molecule has 5 nitrogen and oxygen atoms in total. The highest BCUT2D eigenvalue weighted by molar-refractivity contribution is 5.70. The fourth-order valence-electron chi connectivity index (χ4n) is 3.18. The zero-order chi connectivity index (χ0) is 19.5. The number of aliphatic hydroxyl groups is 1. The van der Waals surface area contributed by atoms with E-state index in [1.165, 1.54) is 0 Å². The molecule has 3 atom stereocenters. The number of hydrogen-bond acceptors (Lipinski definition) is 4. The molecule has 0 aliphatic carbocycles. The van der Waals surface area contributed by atoms with Crippen LogP contribution in [0, 0.1) is 0 Å². The van der Waals surface area contributed by atoms with Crippen LogP contribution in [0.4, 0.5) is 4.79 Å². The van der Waals surface area contributed by atoms with E-state index in [0.29, 0.717) is 6.42 Å². The van der Waals surface area contributed by atoms with E-state index < -0.39 is 23.5 Å². The van der Waals surface area contributed by atoms with Crippen LogP contribution in [0.2, 0.25) is 0 Å². The average molecular weight is 361 g/mol. The lowest BCUT2D eigenvalue weighted by molar-refractivity contribution is -0.0716. The van der Waals surface area contributed by atoms with Crippen LogP contribution in [-0.2, 0) is 15.9 Å². The predicted molar refractivity (Wildman–Crippen MR) is 102 cm³/mol. The summed E-state index contributed by atoms with van der Waals surface area (Å²) in [6.45, 7) is 11.0.